The molecule has 146 valence electrons. The largest absolute Gasteiger partial charge is 0.381 e. The first-order valence-corrected chi connectivity index (χ1v) is 9.71. The first-order chi connectivity index (χ1) is 13.1. The third kappa shape index (κ3) is 3.97. The summed E-state index contributed by atoms with van der Waals surface area (Å²) in [5, 5.41) is 11.8. The molecule has 2 fully saturated rings. The van der Waals surface area contributed by atoms with Crippen molar-refractivity contribution in [3.05, 3.63) is 29.7 Å². The summed E-state index contributed by atoms with van der Waals surface area (Å²) in [5.74, 6) is 1.35. The molecule has 4 rings (SSSR count). The molecule has 1 amide bonds. The number of amides is 1. The molecule has 0 radical (unpaired) electrons. The lowest BCUT2D eigenvalue weighted by Crippen LogP contribution is -2.45. The number of hydrogen-bond acceptors (Lipinski definition) is 6. The minimum Gasteiger partial charge on any atom is -0.381 e. The molecule has 1 unspecified atom stereocenters. The molecule has 0 aliphatic carbocycles. The van der Waals surface area contributed by atoms with Crippen molar-refractivity contribution >= 4 is 11.6 Å². The third-order valence-corrected chi connectivity index (χ3v) is 5.73. The highest BCUT2D eigenvalue weighted by atomic mass is 16.5. The number of piperazine rings is 1. The van der Waals surface area contributed by atoms with E-state index in [1.54, 1.807) is 0 Å². The molecule has 0 saturated carbocycles. The maximum absolute atomic E-state index is 12.6. The lowest BCUT2D eigenvalue weighted by molar-refractivity contribution is 0.0642. The van der Waals surface area contributed by atoms with Crippen LogP contribution in [0.1, 0.15) is 35.1 Å². The maximum atomic E-state index is 12.6. The maximum Gasteiger partial charge on any atom is 0.252 e. The Kier molecular flexibility index (Phi) is 5.38. The Labute approximate surface area is 159 Å². The summed E-state index contributed by atoms with van der Waals surface area (Å²) in [7, 11) is 4.24. The molecule has 2 aromatic rings. The van der Waals surface area contributed by atoms with Crippen LogP contribution in [0.15, 0.2) is 18.3 Å². The second kappa shape index (κ2) is 7.92. The van der Waals surface area contributed by atoms with Crippen LogP contribution in [0.5, 0.6) is 0 Å². The van der Waals surface area contributed by atoms with Gasteiger partial charge in [0.2, 0.25) is 0 Å². The zero-order valence-corrected chi connectivity index (χ0v) is 16.1. The second-order valence-electron chi connectivity index (χ2n) is 7.73. The van der Waals surface area contributed by atoms with Gasteiger partial charge in [-0.1, -0.05) is 0 Å². The highest BCUT2D eigenvalue weighted by Gasteiger charge is 2.28. The van der Waals surface area contributed by atoms with Gasteiger partial charge in [-0.05, 0) is 45.0 Å². The van der Waals surface area contributed by atoms with Gasteiger partial charge in [0.25, 0.3) is 5.91 Å². The number of hydrogen-bond donors (Lipinski definition) is 1. The quantitative estimate of drug-likeness (QED) is 0.856. The molecule has 27 heavy (non-hydrogen) atoms. The number of nitrogens with one attached hydrogen (secondary N) is 1. The van der Waals surface area contributed by atoms with Crippen LogP contribution >= 0.6 is 0 Å². The highest BCUT2D eigenvalue weighted by molar-refractivity contribution is 5.94. The smallest absolute Gasteiger partial charge is 0.252 e. The number of carbonyl (C=O) groups excluding carboxylic acids is 1. The van der Waals surface area contributed by atoms with Gasteiger partial charge in [0, 0.05) is 45.6 Å². The molecule has 2 aliphatic rings. The van der Waals surface area contributed by atoms with Gasteiger partial charge in [0.05, 0.1) is 11.6 Å². The van der Waals surface area contributed by atoms with E-state index in [-0.39, 0.29) is 11.9 Å². The predicted octanol–water partition coefficient (Wildman–Crippen LogP) is 0.804. The SMILES string of the molecule is CN1CCN(C)C(c2nnc3ccc(C(=O)NCC4CCOCC4)cn23)C1. The summed E-state index contributed by atoms with van der Waals surface area (Å²) in [5.41, 5.74) is 1.41. The Balaban J connectivity index is 1.51. The molecule has 0 spiro atoms. The van der Waals surface area contributed by atoms with E-state index in [0.717, 1.165) is 57.2 Å². The van der Waals surface area contributed by atoms with Crippen molar-refractivity contribution in [2.75, 3.05) is 53.5 Å². The molecule has 8 nitrogen and oxygen atoms in total. The van der Waals surface area contributed by atoms with Gasteiger partial charge >= 0.3 is 0 Å². The predicted molar refractivity (Wildman–Crippen MR) is 102 cm³/mol. The number of ether oxygens (including phenoxy) is 1. The van der Waals surface area contributed by atoms with Crippen molar-refractivity contribution in [2.45, 2.75) is 18.9 Å². The van der Waals surface area contributed by atoms with E-state index in [9.17, 15) is 4.79 Å². The fourth-order valence-electron chi connectivity index (χ4n) is 3.85. The van der Waals surface area contributed by atoms with Crippen molar-refractivity contribution in [1.29, 1.82) is 0 Å². The van der Waals surface area contributed by atoms with Crippen LogP contribution in [0.4, 0.5) is 0 Å². The number of fused-ring (bicyclic) bond motifs is 1. The fourth-order valence-corrected chi connectivity index (χ4v) is 3.85. The number of likely N-dealkylation sites (N-methyl/N-ethyl adjacent to an activating group) is 2. The number of carbonyl (C=O) groups is 1. The molecule has 1 atom stereocenters. The Hall–Kier alpha value is -2.03. The van der Waals surface area contributed by atoms with Crippen LogP contribution in [0.25, 0.3) is 5.65 Å². The molecule has 8 heteroatoms. The van der Waals surface area contributed by atoms with Crippen molar-refractivity contribution in [1.82, 2.24) is 29.7 Å². The summed E-state index contributed by atoms with van der Waals surface area (Å²) >= 11 is 0. The van der Waals surface area contributed by atoms with Crippen LogP contribution in [0, 0.1) is 5.92 Å². The second-order valence-corrected chi connectivity index (χ2v) is 7.73. The molecule has 2 saturated heterocycles. The normalized spacial score (nSPS) is 23.0. The van der Waals surface area contributed by atoms with Gasteiger partial charge in [-0.15, -0.1) is 10.2 Å². The van der Waals surface area contributed by atoms with Crippen molar-refractivity contribution in [3.63, 3.8) is 0 Å². The van der Waals surface area contributed by atoms with Crippen LogP contribution in [-0.2, 0) is 4.74 Å². The van der Waals surface area contributed by atoms with Gasteiger partial charge in [-0.2, -0.15) is 0 Å². The fraction of sp³-hybridized carbons (Fsp3) is 0.632. The zero-order valence-electron chi connectivity index (χ0n) is 16.1. The summed E-state index contributed by atoms with van der Waals surface area (Å²) in [6, 6.07) is 3.86. The monoisotopic (exact) mass is 372 g/mol. The molecular weight excluding hydrogens is 344 g/mol. The van der Waals surface area contributed by atoms with E-state index < -0.39 is 0 Å². The number of aromatic nitrogens is 3. The lowest BCUT2D eigenvalue weighted by atomic mass is 10.0. The summed E-state index contributed by atoms with van der Waals surface area (Å²) < 4.78 is 7.34. The number of pyridine rings is 1. The van der Waals surface area contributed by atoms with E-state index >= 15 is 0 Å². The topological polar surface area (TPSA) is 75.0 Å². The van der Waals surface area contributed by atoms with Crippen LogP contribution < -0.4 is 5.32 Å². The van der Waals surface area contributed by atoms with Crippen molar-refractivity contribution in [2.24, 2.45) is 5.92 Å². The van der Waals surface area contributed by atoms with Gasteiger partial charge < -0.3 is 15.0 Å². The Morgan fingerprint density at radius 1 is 1.22 bits per heavy atom. The number of nitrogens with zero attached hydrogens (tertiary/aromatic N) is 5. The van der Waals surface area contributed by atoms with E-state index in [1.807, 2.05) is 22.7 Å². The van der Waals surface area contributed by atoms with Crippen LogP contribution in [0.2, 0.25) is 0 Å². The van der Waals surface area contributed by atoms with Crippen molar-refractivity contribution in [3.8, 4) is 0 Å². The van der Waals surface area contributed by atoms with Crippen LogP contribution in [-0.4, -0.2) is 83.8 Å². The van der Waals surface area contributed by atoms with Gasteiger partial charge in [0.1, 0.15) is 0 Å². The standard InChI is InChI=1S/C19H28N6O2/c1-23-7-8-24(2)16(13-23)18-22-21-17-4-3-15(12-25(17)18)19(26)20-11-14-5-9-27-10-6-14/h3-4,12,14,16H,5-11,13H2,1-2H3,(H,20,26). The third-order valence-electron chi connectivity index (χ3n) is 5.73. The molecule has 2 aromatic heterocycles. The van der Waals surface area contributed by atoms with E-state index in [1.165, 1.54) is 0 Å². The van der Waals surface area contributed by atoms with Gasteiger partial charge in [0.15, 0.2) is 11.5 Å². The highest BCUT2D eigenvalue weighted by Crippen LogP contribution is 2.23. The first-order valence-electron chi connectivity index (χ1n) is 9.71. The zero-order chi connectivity index (χ0) is 18.8. The van der Waals surface area contributed by atoms with Crippen molar-refractivity contribution < 1.29 is 9.53 Å². The number of rotatable bonds is 4. The first kappa shape index (κ1) is 18.3. The van der Waals surface area contributed by atoms with E-state index in [4.69, 9.17) is 4.74 Å². The molecule has 0 bridgehead atoms. The average molecular weight is 372 g/mol. The van der Waals surface area contributed by atoms with Gasteiger partial charge in [-0.25, -0.2) is 0 Å². The molecular formula is C19H28N6O2. The van der Waals surface area contributed by atoms with E-state index in [0.29, 0.717) is 18.0 Å². The Morgan fingerprint density at radius 2 is 2.04 bits per heavy atom. The minimum absolute atomic E-state index is 0.0443. The minimum atomic E-state index is -0.0443. The molecule has 2 aliphatic heterocycles. The van der Waals surface area contributed by atoms with E-state index in [2.05, 4.69) is 39.4 Å². The Morgan fingerprint density at radius 3 is 2.85 bits per heavy atom. The van der Waals surface area contributed by atoms with Gasteiger partial charge in [-0.3, -0.25) is 14.1 Å². The lowest BCUT2D eigenvalue weighted by Gasteiger charge is -2.36. The summed E-state index contributed by atoms with van der Waals surface area (Å²) in [6.07, 6.45) is 3.89. The van der Waals surface area contributed by atoms with Crippen LogP contribution in [0.3, 0.4) is 0 Å². The molecule has 0 aromatic carbocycles. The Bertz CT molecular complexity index is 801. The summed E-state index contributed by atoms with van der Waals surface area (Å²) in [4.78, 5) is 17.2. The summed E-state index contributed by atoms with van der Waals surface area (Å²) in [6.45, 7) is 5.22. The average Bonchev–Trinajstić information content (AvgIpc) is 3.12. The molecule has 1 N–H and O–H groups in total. The molecule has 4 heterocycles.